The molecule has 2 aliphatic rings. The van der Waals surface area contributed by atoms with Crippen LogP contribution in [0.3, 0.4) is 0 Å². The van der Waals surface area contributed by atoms with Gasteiger partial charge in [0.2, 0.25) is 5.91 Å². The van der Waals surface area contributed by atoms with Crippen LogP contribution in [-0.2, 0) is 4.79 Å². The van der Waals surface area contributed by atoms with Crippen LogP contribution in [0.25, 0.3) is 0 Å². The smallest absolute Gasteiger partial charge is 0.253 e. The lowest BCUT2D eigenvalue weighted by atomic mass is 9.95. The molecule has 158 valence electrons. The molecule has 2 fully saturated rings. The highest BCUT2D eigenvalue weighted by molar-refractivity contribution is 6.30. The molecule has 30 heavy (non-hydrogen) atoms. The molecule has 0 aliphatic carbocycles. The zero-order valence-electron chi connectivity index (χ0n) is 16.8. The summed E-state index contributed by atoms with van der Waals surface area (Å²) in [5, 5.41) is 0.713. The van der Waals surface area contributed by atoms with E-state index < -0.39 is 0 Å². The number of hydrogen-bond donors (Lipinski definition) is 0. The highest BCUT2D eigenvalue weighted by atomic mass is 35.5. The van der Waals surface area contributed by atoms with Crippen molar-refractivity contribution in [1.29, 1.82) is 0 Å². The maximum atomic E-state index is 13.1. The lowest BCUT2D eigenvalue weighted by molar-refractivity contribution is -0.137. The predicted octanol–water partition coefficient (Wildman–Crippen LogP) is 3.68. The molecule has 1 unspecified atom stereocenters. The second kappa shape index (κ2) is 9.04. The third-order valence-electron chi connectivity index (χ3n) is 5.93. The highest BCUT2D eigenvalue weighted by Gasteiger charge is 2.33. The molecule has 2 aromatic rings. The summed E-state index contributed by atoms with van der Waals surface area (Å²) < 4.78 is 13.1. The van der Waals surface area contributed by atoms with Gasteiger partial charge >= 0.3 is 0 Å². The number of anilines is 1. The van der Waals surface area contributed by atoms with E-state index in [4.69, 9.17) is 11.6 Å². The summed E-state index contributed by atoms with van der Waals surface area (Å²) in [4.78, 5) is 31.7. The number of halogens is 2. The third kappa shape index (κ3) is 4.59. The summed E-state index contributed by atoms with van der Waals surface area (Å²) in [5.74, 6) is -0.552. The number of carbonyl (C=O) groups excluding carboxylic acids is 2. The minimum atomic E-state index is -0.365. The first-order valence-electron chi connectivity index (χ1n) is 10.4. The molecule has 2 saturated heterocycles. The molecule has 1 atom stereocenters. The fourth-order valence-corrected chi connectivity index (χ4v) is 4.36. The predicted molar refractivity (Wildman–Crippen MR) is 115 cm³/mol. The van der Waals surface area contributed by atoms with E-state index in [1.165, 1.54) is 24.3 Å². The van der Waals surface area contributed by atoms with Crippen LogP contribution in [0.5, 0.6) is 0 Å². The number of nitrogens with zero attached hydrogens (tertiary/aromatic N) is 3. The van der Waals surface area contributed by atoms with Crippen molar-refractivity contribution in [3.8, 4) is 0 Å². The van der Waals surface area contributed by atoms with Gasteiger partial charge in [0.15, 0.2) is 0 Å². The molecular formula is C23H25ClFN3O2. The molecule has 2 aliphatic heterocycles. The molecular weight excluding hydrogens is 405 g/mol. The zero-order chi connectivity index (χ0) is 21.1. The minimum absolute atomic E-state index is 0.127. The number of carbonyl (C=O) groups is 2. The maximum Gasteiger partial charge on any atom is 0.253 e. The Balaban J connectivity index is 1.34. The standard InChI is InChI=1S/C23H25ClFN3O2/c24-19-5-9-21(10-6-19)26-12-14-27(15-13-26)23(30)18-2-1-11-28(16-18)22(29)17-3-7-20(25)8-4-17/h3-10,18H,1-2,11-16H2. The van der Waals surface area contributed by atoms with Gasteiger partial charge in [0.05, 0.1) is 5.92 Å². The lowest BCUT2D eigenvalue weighted by Crippen LogP contribution is -2.53. The Bertz CT molecular complexity index is 896. The number of likely N-dealkylation sites (tertiary alicyclic amines) is 1. The van der Waals surface area contributed by atoms with Crippen LogP contribution >= 0.6 is 11.6 Å². The molecule has 2 amide bonds. The number of piperidine rings is 1. The van der Waals surface area contributed by atoms with Crippen molar-refractivity contribution >= 4 is 29.1 Å². The number of piperazine rings is 1. The van der Waals surface area contributed by atoms with E-state index in [0.29, 0.717) is 36.8 Å². The summed E-state index contributed by atoms with van der Waals surface area (Å²) >= 11 is 5.97. The summed E-state index contributed by atoms with van der Waals surface area (Å²) in [6, 6.07) is 13.3. The van der Waals surface area contributed by atoms with Crippen LogP contribution in [0, 0.1) is 11.7 Å². The fourth-order valence-electron chi connectivity index (χ4n) is 4.23. The Hall–Kier alpha value is -2.60. The summed E-state index contributed by atoms with van der Waals surface area (Å²) in [7, 11) is 0. The van der Waals surface area contributed by atoms with E-state index in [9.17, 15) is 14.0 Å². The molecule has 5 nitrogen and oxygen atoms in total. The monoisotopic (exact) mass is 429 g/mol. The Labute approximate surface area is 181 Å². The molecule has 0 radical (unpaired) electrons. The van der Waals surface area contributed by atoms with Crippen molar-refractivity contribution < 1.29 is 14.0 Å². The Morgan fingerprint density at radius 3 is 2.20 bits per heavy atom. The normalized spacial score (nSPS) is 19.7. The molecule has 0 bridgehead atoms. The van der Waals surface area contributed by atoms with Crippen LogP contribution in [0.1, 0.15) is 23.2 Å². The van der Waals surface area contributed by atoms with Gasteiger partial charge in [0, 0.05) is 55.5 Å². The molecule has 0 aromatic heterocycles. The van der Waals surface area contributed by atoms with Crippen molar-refractivity contribution in [1.82, 2.24) is 9.80 Å². The number of hydrogen-bond acceptors (Lipinski definition) is 3. The second-order valence-electron chi connectivity index (χ2n) is 7.89. The molecule has 7 heteroatoms. The minimum Gasteiger partial charge on any atom is -0.368 e. The van der Waals surface area contributed by atoms with Gasteiger partial charge in [-0.2, -0.15) is 0 Å². The molecule has 2 aromatic carbocycles. The van der Waals surface area contributed by atoms with Crippen LogP contribution < -0.4 is 4.90 Å². The second-order valence-corrected chi connectivity index (χ2v) is 8.32. The van der Waals surface area contributed by atoms with Crippen LogP contribution in [0.4, 0.5) is 10.1 Å². The summed E-state index contributed by atoms with van der Waals surface area (Å²) in [5.41, 5.74) is 1.57. The van der Waals surface area contributed by atoms with Gasteiger partial charge in [-0.3, -0.25) is 9.59 Å². The van der Waals surface area contributed by atoms with E-state index in [1.807, 2.05) is 29.2 Å². The Kier molecular flexibility index (Phi) is 6.23. The number of amides is 2. The lowest BCUT2D eigenvalue weighted by Gasteiger charge is -2.39. The van der Waals surface area contributed by atoms with E-state index >= 15 is 0 Å². The Morgan fingerprint density at radius 1 is 0.867 bits per heavy atom. The molecule has 0 N–H and O–H groups in total. The van der Waals surface area contributed by atoms with Gasteiger partial charge in [0.25, 0.3) is 5.91 Å². The van der Waals surface area contributed by atoms with Crippen LogP contribution in [0.2, 0.25) is 5.02 Å². The SMILES string of the molecule is O=C(c1ccc(F)cc1)N1CCCC(C(=O)N2CCN(c3ccc(Cl)cc3)CC2)C1. The van der Waals surface area contributed by atoms with Crippen molar-refractivity contribution in [2.24, 2.45) is 5.92 Å². The first kappa shape index (κ1) is 20.7. The van der Waals surface area contributed by atoms with Gasteiger partial charge in [-0.15, -0.1) is 0 Å². The summed E-state index contributed by atoms with van der Waals surface area (Å²) in [6.45, 7) is 3.95. The van der Waals surface area contributed by atoms with E-state index in [1.54, 1.807) is 4.90 Å². The van der Waals surface area contributed by atoms with Gasteiger partial charge in [0.1, 0.15) is 5.82 Å². The number of benzene rings is 2. The average molecular weight is 430 g/mol. The summed E-state index contributed by atoms with van der Waals surface area (Å²) in [6.07, 6.45) is 1.59. The zero-order valence-corrected chi connectivity index (χ0v) is 17.5. The van der Waals surface area contributed by atoms with E-state index in [0.717, 1.165) is 31.6 Å². The third-order valence-corrected chi connectivity index (χ3v) is 6.18. The van der Waals surface area contributed by atoms with Crippen molar-refractivity contribution in [3.05, 3.63) is 64.9 Å². The van der Waals surface area contributed by atoms with E-state index in [-0.39, 0.29) is 23.5 Å². The first-order valence-corrected chi connectivity index (χ1v) is 10.7. The average Bonchev–Trinajstić information content (AvgIpc) is 2.79. The van der Waals surface area contributed by atoms with Crippen molar-refractivity contribution in [3.63, 3.8) is 0 Å². The van der Waals surface area contributed by atoms with Crippen LogP contribution in [0.15, 0.2) is 48.5 Å². The molecule has 2 heterocycles. The fraction of sp³-hybridized carbons (Fsp3) is 0.391. The van der Waals surface area contributed by atoms with E-state index in [2.05, 4.69) is 4.90 Å². The largest absolute Gasteiger partial charge is 0.368 e. The molecule has 0 spiro atoms. The van der Waals surface area contributed by atoms with Gasteiger partial charge in [-0.1, -0.05) is 11.6 Å². The first-order chi connectivity index (χ1) is 14.5. The Morgan fingerprint density at radius 2 is 1.53 bits per heavy atom. The quantitative estimate of drug-likeness (QED) is 0.747. The van der Waals surface area contributed by atoms with Gasteiger partial charge < -0.3 is 14.7 Å². The molecule has 0 saturated carbocycles. The maximum absolute atomic E-state index is 13.1. The highest BCUT2D eigenvalue weighted by Crippen LogP contribution is 2.23. The molecule has 4 rings (SSSR count). The number of rotatable bonds is 3. The van der Waals surface area contributed by atoms with Crippen molar-refractivity contribution in [2.45, 2.75) is 12.8 Å². The van der Waals surface area contributed by atoms with Crippen molar-refractivity contribution in [2.75, 3.05) is 44.2 Å². The van der Waals surface area contributed by atoms with Crippen LogP contribution in [-0.4, -0.2) is 60.9 Å². The van der Waals surface area contributed by atoms with Gasteiger partial charge in [-0.05, 0) is 61.4 Å². The van der Waals surface area contributed by atoms with Gasteiger partial charge in [-0.25, -0.2) is 4.39 Å². The topological polar surface area (TPSA) is 43.9 Å².